The summed E-state index contributed by atoms with van der Waals surface area (Å²) in [6.45, 7) is 3.58. The predicted molar refractivity (Wildman–Crippen MR) is 63.5 cm³/mol. The van der Waals surface area contributed by atoms with E-state index in [4.69, 9.17) is 14.9 Å². The van der Waals surface area contributed by atoms with Crippen molar-refractivity contribution in [2.75, 3.05) is 12.8 Å². The maximum Gasteiger partial charge on any atom is 0.315 e. The second-order valence-corrected chi connectivity index (χ2v) is 4.35. The van der Waals surface area contributed by atoms with E-state index in [1.165, 1.54) is 7.11 Å². The maximum atomic E-state index is 11.7. The van der Waals surface area contributed by atoms with Crippen LogP contribution in [-0.4, -0.2) is 18.1 Å². The number of hydrogen-bond donors (Lipinski definition) is 1. The number of aromatic nitrogens is 1. The van der Waals surface area contributed by atoms with Crippen LogP contribution >= 0.6 is 0 Å². The van der Waals surface area contributed by atoms with Crippen LogP contribution in [0.25, 0.3) is 11.1 Å². The van der Waals surface area contributed by atoms with Gasteiger partial charge in [0.1, 0.15) is 5.52 Å². The van der Waals surface area contributed by atoms with Crippen molar-refractivity contribution in [3.63, 3.8) is 0 Å². The summed E-state index contributed by atoms with van der Waals surface area (Å²) in [6.07, 6.45) is 0. The molecule has 0 unspecified atom stereocenters. The second kappa shape index (κ2) is 3.76. The first kappa shape index (κ1) is 11.4. The molecule has 2 N–H and O–H groups in total. The van der Waals surface area contributed by atoms with Crippen molar-refractivity contribution >= 4 is 23.1 Å². The Morgan fingerprint density at radius 2 is 2.18 bits per heavy atom. The van der Waals surface area contributed by atoms with Crippen LogP contribution in [0.4, 0.5) is 6.01 Å². The Bertz CT molecular complexity index is 572. The van der Waals surface area contributed by atoms with Crippen LogP contribution in [0.1, 0.15) is 19.4 Å². The SMILES string of the molecule is COC(=O)C(C)(C)c1ccc2nc(N)oc2c1. The molecule has 1 aromatic carbocycles. The number of carbonyl (C=O) groups excluding carboxylic acids is 1. The molecule has 2 rings (SSSR count). The molecule has 0 radical (unpaired) electrons. The van der Waals surface area contributed by atoms with Gasteiger partial charge in [-0.3, -0.25) is 4.79 Å². The zero-order valence-electron chi connectivity index (χ0n) is 9.98. The molecule has 0 aliphatic rings. The summed E-state index contributed by atoms with van der Waals surface area (Å²) >= 11 is 0. The average molecular weight is 234 g/mol. The minimum absolute atomic E-state index is 0.119. The van der Waals surface area contributed by atoms with Gasteiger partial charge >= 0.3 is 5.97 Å². The summed E-state index contributed by atoms with van der Waals surface area (Å²) < 4.78 is 10.0. The molecule has 0 bridgehead atoms. The lowest BCUT2D eigenvalue weighted by Gasteiger charge is -2.21. The van der Waals surface area contributed by atoms with E-state index in [0.717, 1.165) is 5.56 Å². The summed E-state index contributed by atoms with van der Waals surface area (Å²) in [5.74, 6) is -0.302. The summed E-state index contributed by atoms with van der Waals surface area (Å²) in [5.41, 5.74) is 6.77. The van der Waals surface area contributed by atoms with E-state index in [0.29, 0.717) is 11.1 Å². The van der Waals surface area contributed by atoms with E-state index < -0.39 is 5.41 Å². The van der Waals surface area contributed by atoms with Gasteiger partial charge < -0.3 is 14.9 Å². The smallest absolute Gasteiger partial charge is 0.315 e. The highest BCUT2D eigenvalue weighted by Crippen LogP contribution is 2.28. The second-order valence-electron chi connectivity index (χ2n) is 4.35. The van der Waals surface area contributed by atoms with E-state index in [9.17, 15) is 4.79 Å². The molecular formula is C12H14N2O3. The fourth-order valence-corrected chi connectivity index (χ4v) is 1.70. The van der Waals surface area contributed by atoms with Crippen molar-refractivity contribution in [1.82, 2.24) is 4.98 Å². The van der Waals surface area contributed by atoms with Crippen LogP contribution in [0.15, 0.2) is 22.6 Å². The van der Waals surface area contributed by atoms with Crippen LogP contribution in [0.3, 0.4) is 0 Å². The number of nitrogen functional groups attached to an aromatic ring is 1. The van der Waals surface area contributed by atoms with Gasteiger partial charge in [-0.05, 0) is 31.5 Å². The Hall–Kier alpha value is -2.04. The predicted octanol–water partition coefficient (Wildman–Crippen LogP) is 1.86. The molecule has 0 fully saturated rings. The van der Waals surface area contributed by atoms with Gasteiger partial charge in [0, 0.05) is 0 Å². The van der Waals surface area contributed by atoms with Crippen molar-refractivity contribution in [3.05, 3.63) is 23.8 Å². The molecule has 0 saturated heterocycles. The highest BCUT2D eigenvalue weighted by Gasteiger charge is 2.31. The van der Waals surface area contributed by atoms with Gasteiger partial charge in [-0.2, -0.15) is 4.98 Å². The minimum Gasteiger partial charge on any atom is -0.468 e. The molecule has 0 saturated carbocycles. The van der Waals surface area contributed by atoms with Crippen LogP contribution in [0.2, 0.25) is 0 Å². The van der Waals surface area contributed by atoms with Gasteiger partial charge in [-0.15, -0.1) is 0 Å². The van der Waals surface area contributed by atoms with Crippen LogP contribution in [-0.2, 0) is 14.9 Å². The largest absolute Gasteiger partial charge is 0.468 e. The Balaban J connectivity index is 2.52. The molecule has 0 spiro atoms. The first-order valence-electron chi connectivity index (χ1n) is 5.20. The van der Waals surface area contributed by atoms with Crippen molar-refractivity contribution in [3.8, 4) is 0 Å². The summed E-state index contributed by atoms with van der Waals surface area (Å²) in [7, 11) is 1.37. The van der Waals surface area contributed by atoms with Crippen molar-refractivity contribution in [2.24, 2.45) is 0 Å². The van der Waals surface area contributed by atoms with Crippen molar-refractivity contribution < 1.29 is 13.9 Å². The van der Waals surface area contributed by atoms with Gasteiger partial charge in [0.2, 0.25) is 0 Å². The number of oxazole rings is 1. The third-order valence-electron chi connectivity index (χ3n) is 2.82. The van der Waals surface area contributed by atoms with Gasteiger partial charge in [0.15, 0.2) is 5.58 Å². The molecule has 5 nitrogen and oxygen atoms in total. The Kier molecular flexibility index (Phi) is 2.53. The first-order chi connectivity index (χ1) is 7.95. The van der Waals surface area contributed by atoms with Crippen molar-refractivity contribution in [1.29, 1.82) is 0 Å². The zero-order chi connectivity index (χ0) is 12.6. The maximum absolute atomic E-state index is 11.7. The average Bonchev–Trinajstić information content (AvgIpc) is 2.66. The van der Waals surface area contributed by atoms with Gasteiger partial charge in [-0.25, -0.2) is 0 Å². The minimum atomic E-state index is -0.732. The molecule has 2 aromatic rings. The lowest BCUT2D eigenvalue weighted by atomic mass is 9.84. The third-order valence-corrected chi connectivity index (χ3v) is 2.82. The number of esters is 1. The molecule has 17 heavy (non-hydrogen) atoms. The van der Waals surface area contributed by atoms with E-state index in [1.54, 1.807) is 26.0 Å². The van der Waals surface area contributed by atoms with Crippen LogP contribution < -0.4 is 5.73 Å². The normalized spacial score (nSPS) is 11.7. The highest BCUT2D eigenvalue weighted by molar-refractivity contribution is 5.84. The molecule has 5 heteroatoms. The third kappa shape index (κ3) is 1.84. The fourth-order valence-electron chi connectivity index (χ4n) is 1.70. The summed E-state index contributed by atoms with van der Waals surface area (Å²) in [6, 6.07) is 5.47. The van der Waals surface area contributed by atoms with Gasteiger partial charge in [0.05, 0.1) is 12.5 Å². The lowest BCUT2D eigenvalue weighted by molar-refractivity contribution is -0.146. The van der Waals surface area contributed by atoms with E-state index in [2.05, 4.69) is 4.98 Å². The Morgan fingerprint density at radius 3 is 2.82 bits per heavy atom. The number of methoxy groups -OCH3 is 1. The van der Waals surface area contributed by atoms with E-state index >= 15 is 0 Å². The number of benzene rings is 1. The molecule has 0 aliphatic heterocycles. The fraction of sp³-hybridized carbons (Fsp3) is 0.333. The summed E-state index contributed by atoms with van der Waals surface area (Å²) in [5, 5.41) is 0. The number of rotatable bonds is 2. The Morgan fingerprint density at radius 1 is 1.47 bits per heavy atom. The highest BCUT2D eigenvalue weighted by atomic mass is 16.5. The Labute approximate surface area is 98.6 Å². The monoisotopic (exact) mass is 234 g/mol. The molecule has 0 atom stereocenters. The molecule has 1 heterocycles. The van der Waals surface area contributed by atoms with E-state index in [-0.39, 0.29) is 12.0 Å². The number of nitrogens with two attached hydrogens (primary N) is 1. The number of anilines is 1. The van der Waals surface area contributed by atoms with Gasteiger partial charge in [-0.1, -0.05) is 6.07 Å². The van der Waals surface area contributed by atoms with Crippen LogP contribution in [0.5, 0.6) is 0 Å². The lowest BCUT2D eigenvalue weighted by Crippen LogP contribution is -2.30. The van der Waals surface area contributed by atoms with Gasteiger partial charge in [0.25, 0.3) is 6.01 Å². The molecule has 90 valence electrons. The number of hydrogen-bond acceptors (Lipinski definition) is 5. The first-order valence-corrected chi connectivity index (χ1v) is 5.20. The number of ether oxygens (including phenoxy) is 1. The zero-order valence-corrected chi connectivity index (χ0v) is 9.98. The van der Waals surface area contributed by atoms with Crippen LogP contribution in [0, 0.1) is 0 Å². The quantitative estimate of drug-likeness (QED) is 0.802. The summed E-state index contributed by atoms with van der Waals surface area (Å²) in [4.78, 5) is 15.7. The number of fused-ring (bicyclic) bond motifs is 1. The van der Waals surface area contributed by atoms with E-state index in [1.807, 2.05) is 6.07 Å². The van der Waals surface area contributed by atoms with Crippen molar-refractivity contribution in [2.45, 2.75) is 19.3 Å². The standard InChI is InChI=1S/C12H14N2O3/c1-12(2,10(15)16-3)7-4-5-8-9(6-7)17-11(13)14-8/h4-6H,1-3H3,(H2,13,14). The molecular weight excluding hydrogens is 220 g/mol. The molecule has 0 aliphatic carbocycles. The number of nitrogens with zero attached hydrogens (tertiary/aromatic N) is 1. The number of carbonyl (C=O) groups is 1. The topological polar surface area (TPSA) is 78.3 Å². The molecule has 1 aromatic heterocycles. The molecule has 0 amide bonds.